The zero-order chi connectivity index (χ0) is 25.8. The lowest BCUT2D eigenvalue weighted by molar-refractivity contribution is -0.138. The van der Waals surface area contributed by atoms with Crippen LogP contribution in [0.4, 0.5) is 0 Å². The Bertz CT molecular complexity index is 1520. The van der Waals surface area contributed by atoms with E-state index in [0.29, 0.717) is 43.4 Å². The van der Waals surface area contributed by atoms with Crippen LogP contribution in [0, 0.1) is 0 Å². The lowest BCUT2D eigenvalue weighted by Crippen LogP contribution is -2.39. The van der Waals surface area contributed by atoms with Gasteiger partial charge in [-0.1, -0.05) is 36.1 Å². The number of nitrogens with zero attached hydrogens (tertiary/aromatic N) is 2. The molecule has 1 aromatic heterocycles. The molecule has 1 aliphatic heterocycles. The van der Waals surface area contributed by atoms with Crippen LogP contribution in [0.1, 0.15) is 24.1 Å². The minimum atomic E-state index is -0.723. The summed E-state index contributed by atoms with van der Waals surface area (Å²) in [7, 11) is 4.71. The summed E-state index contributed by atoms with van der Waals surface area (Å²) in [6.07, 6.45) is 3.23. The second-order valence-electron chi connectivity index (χ2n) is 7.85. The number of fused-ring (bicyclic) bond motifs is 1. The lowest BCUT2D eigenvalue weighted by atomic mass is 9.96. The molecule has 0 fully saturated rings. The summed E-state index contributed by atoms with van der Waals surface area (Å²) < 4.78 is 23.4. The third kappa shape index (κ3) is 4.70. The number of methoxy groups -OCH3 is 3. The second-order valence-corrected chi connectivity index (χ2v) is 8.86. The van der Waals surface area contributed by atoms with Crippen LogP contribution in [0.15, 0.2) is 76.2 Å². The van der Waals surface area contributed by atoms with Gasteiger partial charge in [-0.25, -0.2) is 9.79 Å². The van der Waals surface area contributed by atoms with Crippen molar-refractivity contribution in [3.05, 3.63) is 97.2 Å². The molecule has 1 unspecified atom stereocenters. The Kier molecular flexibility index (Phi) is 7.40. The molecule has 8 nitrogen and oxygen atoms in total. The average Bonchev–Trinajstić information content (AvgIpc) is 3.20. The molecule has 0 bridgehead atoms. The van der Waals surface area contributed by atoms with E-state index in [0.717, 1.165) is 5.56 Å². The molecule has 0 spiro atoms. The summed E-state index contributed by atoms with van der Waals surface area (Å²) in [5, 5.41) is 0. The number of aromatic nitrogens is 1. The smallest absolute Gasteiger partial charge is 0.338 e. The van der Waals surface area contributed by atoms with E-state index in [1.54, 1.807) is 64.7 Å². The Morgan fingerprint density at radius 1 is 1.08 bits per heavy atom. The normalized spacial score (nSPS) is 15.1. The van der Waals surface area contributed by atoms with E-state index in [2.05, 4.69) is 11.6 Å². The van der Waals surface area contributed by atoms with Crippen molar-refractivity contribution in [1.82, 2.24) is 4.57 Å². The maximum Gasteiger partial charge on any atom is 0.338 e. The van der Waals surface area contributed by atoms with E-state index >= 15 is 0 Å². The molecule has 36 heavy (non-hydrogen) atoms. The molecule has 2 heterocycles. The van der Waals surface area contributed by atoms with E-state index in [1.807, 2.05) is 12.1 Å². The third-order valence-electron chi connectivity index (χ3n) is 5.73. The second kappa shape index (κ2) is 10.7. The number of carbonyl (C=O) groups is 1. The first kappa shape index (κ1) is 25.0. The van der Waals surface area contributed by atoms with E-state index in [4.69, 9.17) is 18.9 Å². The summed E-state index contributed by atoms with van der Waals surface area (Å²) in [5.41, 5.74) is 1.90. The van der Waals surface area contributed by atoms with Crippen LogP contribution in [-0.4, -0.2) is 38.5 Å². The summed E-state index contributed by atoms with van der Waals surface area (Å²) in [6.45, 7) is 5.39. The van der Waals surface area contributed by atoms with Gasteiger partial charge in [-0.2, -0.15) is 0 Å². The van der Waals surface area contributed by atoms with Crippen molar-refractivity contribution in [2.75, 3.05) is 27.9 Å². The molecule has 0 aliphatic carbocycles. The Balaban J connectivity index is 1.94. The molecule has 1 atom stereocenters. The van der Waals surface area contributed by atoms with Crippen LogP contribution < -0.4 is 29.1 Å². The molecule has 186 valence electrons. The monoisotopic (exact) mass is 506 g/mol. The Morgan fingerprint density at radius 3 is 2.42 bits per heavy atom. The van der Waals surface area contributed by atoms with Gasteiger partial charge in [-0.15, -0.1) is 0 Å². The first-order valence-electron chi connectivity index (χ1n) is 11.1. The van der Waals surface area contributed by atoms with Gasteiger partial charge < -0.3 is 18.9 Å². The molecule has 1 aliphatic rings. The first-order valence-corrected chi connectivity index (χ1v) is 11.9. The maximum absolute atomic E-state index is 13.8. The number of hydrogen-bond donors (Lipinski definition) is 0. The number of esters is 1. The van der Waals surface area contributed by atoms with Crippen molar-refractivity contribution in [3.8, 4) is 17.2 Å². The van der Waals surface area contributed by atoms with Crippen LogP contribution in [0.5, 0.6) is 17.2 Å². The molecule has 3 aromatic rings. The predicted molar refractivity (Wildman–Crippen MR) is 137 cm³/mol. The highest BCUT2D eigenvalue weighted by atomic mass is 32.1. The fourth-order valence-corrected chi connectivity index (χ4v) is 5.03. The number of ether oxygens (including phenoxy) is 4. The van der Waals surface area contributed by atoms with Crippen molar-refractivity contribution in [2.24, 2.45) is 4.99 Å². The Hall–Kier alpha value is -4.11. The van der Waals surface area contributed by atoms with Crippen LogP contribution in [0.2, 0.25) is 0 Å². The van der Waals surface area contributed by atoms with Crippen molar-refractivity contribution in [2.45, 2.75) is 13.0 Å². The van der Waals surface area contributed by atoms with Gasteiger partial charge >= 0.3 is 5.97 Å². The average molecular weight is 507 g/mol. The molecule has 2 aromatic carbocycles. The molecule has 0 saturated heterocycles. The standard InChI is InChI=1S/C27H26N2O6S/c1-6-13-35-26(31)23-16(2)28-27-29(24(23)17-7-9-19(32-3)10-8-17)25(30)22(36-27)15-18-14-20(33-4)11-12-21(18)34-5/h6-12,14-15,24H,1,13H2,2-5H3/b22-15+. The van der Waals surface area contributed by atoms with Crippen molar-refractivity contribution in [1.29, 1.82) is 0 Å². The number of carbonyl (C=O) groups excluding carboxylic acids is 1. The minimum Gasteiger partial charge on any atom is -0.497 e. The largest absolute Gasteiger partial charge is 0.497 e. The summed E-state index contributed by atoms with van der Waals surface area (Å²) in [5.74, 6) is 1.33. The van der Waals surface area contributed by atoms with Crippen LogP contribution in [-0.2, 0) is 9.53 Å². The van der Waals surface area contributed by atoms with Gasteiger partial charge in [0.25, 0.3) is 5.56 Å². The maximum atomic E-state index is 13.8. The minimum absolute atomic E-state index is 0.0466. The predicted octanol–water partition coefficient (Wildman–Crippen LogP) is 2.99. The van der Waals surface area contributed by atoms with Gasteiger partial charge in [0.2, 0.25) is 0 Å². The van der Waals surface area contributed by atoms with Gasteiger partial charge in [0.1, 0.15) is 23.9 Å². The van der Waals surface area contributed by atoms with Crippen LogP contribution >= 0.6 is 11.3 Å². The van der Waals surface area contributed by atoms with Crippen molar-refractivity contribution >= 4 is 23.4 Å². The van der Waals surface area contributed by atoms with Crippen molar-refractivity contribution in [3.63, 3.8) is 0 Å². The highest BCUT2D eigenvalue weighted by Gasteiger charge is 2.33. The fraction of sp³-hybridized carbons (Fsp3) is 0.222. The molecular weight excluding hydrogens is 480 g/mol. The first-order chi connectivity index (χ1) is 17.4. The molecular formula is C27H26N2O6S. The third-order valence-corrected chi connectivity index (χ3v) is 6.71. The summed E-state index contributed by atoms with van der Waals surface area (Å²) in [6, 6.07) is 11.9. The fourth-order valence-electron chi connectivity index (χ4n) is 3.99. The number of benzene rings is 2. The van der Waals surface area contributed by atoms with Gasteiger partial charge in [0.15, 0.2) is 4.80 Å². The van der Waals surface area contributed by atoms with E-state index in [9.17, 15) is 9.59 Å². The zero-order valence-corrected chi connectivity index (χ0v) is 21.3. The zero-order valence-electron chi connectivity index (χ0n) is 20.4. The summed E-state index contributed by atoms with van der Waals surface area (Å²) in [4.78, 5) is 31.9. The van der Waals surface area contributed by atoms with E-state index < -0.39 is 12.0 Å². The Labute approximate surface area is 212 Å². The molecule has 4 rings (SSSR count). The molecule has 0 amide bonds. The quantitative estimate of drug-likeness (QED) is 0.345. The van der Waals surface area contributed by atoms with E-state index in [1.165, 1.54) is 22.0 Å². The van der Waals surface area contributed by atoms with Gasteiger partial charge in [0, 0.05) is 5.56 Å². The molecule has 0 saturated carbocycles. The lowest BCUT2D eigenvalue weighted by Gasteiger charge is -2.24. The number of hydrogen-bond acceptors (Lipinski definition) is 8. The highest BCUT2D eigenvalue weighted by molar-refractivity contribution is 7.07. The molecule has 0 N–H and O–H groups in total. The SMILES string of the molecule is C=CCOC(=O)C1=C(C)N=c2s/c(=C/c3cc(OC)ccc3OC)c(=O)n2C1c1ccc(OC)cc1. The van der Waals surface area contributed by atoms with Crippen molar-refractivity contribution < 1.29 is 23.7 Å². The van der Waals surface area contributed by atoms with Gasteiger partial charge in [-0.05, 0) is 48.9 Å². The van der Waals surface area contributed by atoms with Crippen LogP contribution in [0.3, 0.4) is 0 Å². The summed E-state index contributed by atoms with van der Waals surface area (Å²) >= 11 is 1.24. The van der Waals surface area contributed by atoms with E-state index in [-0.39, 0.29) is 12.2 Å². The van der Waals surface area contributed by atoms with Gasteiger partial charge in [0.05, 0.1) is 43.2 Å². The number of allylic oxidation sites excluding steroid dienone is 1. The topological polar surface area (TPSA) is 88.4 Å². The number of rotatable bonds is 8. The Morgan fingerprint density at radius 2 is 1.78 bits per heavy atom. The van der Waals surface area contributed by atoms with Gasteiger partial charge in [-0.3, -0.25) is 9.36 Å². The molecule has 9 heteroatoms. The van der Waals surface area contributed by atoms with Crippen LogP contribution in [0.25, 0.3) is 6.08 Å². The number of thiazole rings is 1. The molecule has 0 radical (unpaired) electrons. The highest BCUT2D eigenvalue weighted by Crippen LogP contribution is 2.32.